The van der Waals surface area contributed by atoms with Gasteiger partial charge in [-0.2, -0.15) is 0 Å². The Bertz CT molecular complexity index is 701. The highest BCUT2D eigenvalue weighted by Crippen LogP contribution is 2.34. The van der Waals surface area contributed by atoms with Crippen LogP contribution in [0.15, 0.2) is 47.6 Å². The van der Waals surface area contributed by atoms with E-state index >= 15 is 0 Å². The minimum atomic E-state index is -0.0582. The zero-order valence-corrected chi connectivity index (χ0v) is 14.8. The largest absolute Gasteiger partial charge is 0.492 e. The van der Waals surface area contributed by atoms with Gasteiger partial charge in [0.05, 0.1) is 11.5 Å². The molecule has 4 nitrogen and oxygen atoms in total. The lowest BCUT2D eigenvalue weighted by molar-refractivity contribution is 0.0917. The first-order chi connectivity index (χ1) is 11.7. The summed E-state index contributed by atoms with van der Waals surface area (Å²) in [5.41, 5.74) is 1.18. The van der Waals surface area contributed by atoms with Crippen LogP contribution in [0.25, 0.3) is 0 Å². The van der Waals surface area contributed by atoms with Crippen molar-refractivity contribution in [1.82, 2.24) is 4.98 Å². The van der Waals surface area contributed by atoms with Crippen molar-refractivity contribution in [3.63, 3.8) is 0 Å². The van der Waals surface area contributed by atoms with Gasteiger partial charge in [-0.1, -0.05) is 13.8 Å². The molecule has 0 bridgehead atoms. The normalized spacial score (nSPS) is 12.2. The van der Waals surface area contributed by atoms with Crippen LogP contribution < -0.4 is 4.74 Å². The van der Waals surface area contributed by atoms with Gasteiger partial charge >= 0.3 is 0 Å². The fourth-order valence-electron chi connectivity index (χ4n) is 2.26. The fourth-order valence-corrected chi connectivity index (χ4v) is 3.13. The Hall–Kier alpha value is -2.14. The third kappa shape index (κ3) is 4.68. The number of rotatable bonds is 5. The van der Waals surface area contributed by atoms with Gasteiger partial charge in [-0.15, -0.1) is 11.8 Å². The number of hydrogen-bond donors (Lipinski definition) is 0. The molecule has 1 aromatic heterocycles. The Kier molecular flexibility index (Phi) is 7.00. The molecule has 0 saturated heterocycles. The molecule has 0 fully saturated rings. The summed E-state index contributed by atoms with van der Waals surface area (Å²) in [6.07, 6.45) is 3.55. The van der Waals surface area contributed by atoms with Crippen molar-refractivity contribution in [1.29, 1.82) is 0 Å². The Labute approximate surface area is 146 Å². The van der Waals surface area contributed by atoms with E-state index in [1.807, 2.05) is 26.0 Å². The van der Waals surface area contributed by atoms with E-state index in [9.17, 15) is 9.59 Å². The molecule has 0 atom stereocenters. The summed E-state index contributed by atoms with van der Waals surface area (Å²) in [5, 5.41) is 0. The molecular weight excluding hydrogens is 322 g/mol. The average molecular weight is 343 g/mol. The van der Waals surface area contributed by atoms with Crippen molar-refractivity contribution in [3.8, 4) is 5.75 Å². The molecular formula is C19H21NO3S. The maximum Gasteiger partial charge on any atom is 0.164 e. The average Bonchev–Trinajstić information content (AvgIpc) is 2.67. The second kappa shape index (κ2) is 9.23. The topological polar surface area (TPSA) is 56.3 Å². The minimum Gasteiger partial charge on any atom is -0.492 e. The quantitative estimate of drug-likeness (QED) is 0.751. The first-order valence-corrected chi connectivity index (χ1v) is 9.09. The van der Waals surface area contributed by atoms with Gasteiger partial charge in [0, 0.05) is 42.1 Å². The highest BCUT2D eigenvalue weighted by Gasteiger charge is 2.15. The summed E-state index contributed by atoms with van der Waals surface area (Å²) in [6, 6.07) is 8.89. The van der Waals surface area contributed by atoms with Crippen LogP contribution in [0, 0.1) is 0 Å². The van der Waals surface area contributed by atoms with Gasteiger partial charge in [0.15, 0.2) is 11.6 Å². The molecule has 0 N–H and O–H groups in total. The van der Waals surface area contributed by atoms with E-state index in [0.717, 1.165) is 16.4 Å². The Morgan fingerprint density at radius 3 is 2.58 bits per heavy atom. The summed E-state index contributed by atoms with van der Waals surface area (Å²) in [4.78, 5) is 29.2. The van der Waals surface area contributed by atoms with Crippen molar-refractivity contribution in [2.45, 2.75) is 31.6 Å². The van der Waals surface area contributed by atoms with E-state index in [0.29, 0.717) is 17.7 Å². The number of pyridine rings is 1. The number of thioether (sulfide) groups is 1. The van der Waals surface area contributed by atoms with E-state index in [-0.39, 0.29) is 24.4 Å². The molecule has 5 heteroatoms. The van der Waals surface area contributed by atoms with Gasteiger partial charge in [0.25, 0.3) is 0 Å². The molecule has 0 aliphatic carbocycles. The first-order valence-electron chi connectivity index (χ1n) is 8.10. The molecule has 0 spiro atoms. The number of benzene rings is 1. The van der Waals surface area contributed by atoms with E-state index in [1.54, 1.807) is 36.2 Å². The Morgan fingerprint density at radius 2 is 1.88 bits per heavy atom. The summed E-state index contributed by atoms with van der Waals surface area (Å²) in [7, 11) is 0. The van der Waals surface area contributed by atoms with Crippen LogP contribution in [0.3, 0.4) is 0 Å². The summed E-state index contributed by atoms with van der Waals surface area (Å²) < 4.78 is 5.52. The van der Waals surface area contributed by atoms with Gasteiger partial charge in [-0.25, -0.2) is 0 Å². The van der Waals surface area contributed by atoms with Crippen molar-refractivity contribution in [2.75, 3.05) is 12.4 Å². The molecule has 1 aliphatic heterocycles. The molecule has 1 aromatic carbocycles. The lowest BCUT2D eigenvalue weighted by atomic mass is 10.0. The molecule has 0 radical (unpaired) electrons. The maximum absolute atomic E-state index is 12.2. The number of Topliss-reactive ketones (excluding diaryl/α,β-unsaturated/α-hetero) is 2. The molecule has 24 heavy (non-hydrogen) atoms. The standard InChI is InChI=1S/C17H15NO3S.C2H6/c19-14(4-5-15(20)13-2-1-7-18-11-13)12-3-6-16-17(10-12)22-9-8-21-16;1-2/h1-3,6-7,10-11H,4-5,8-9H2;1-2H3. The van der Waals surface area contributed by atoms with Gasteiger partial charge in [-0.3, -0.25) is 14.6 Å². The highest BCUT2D eigenvalue weighted by atomic mass is 32.2. The van der Waals surface area contributed by atoms with Crippen molar-refractivity contribution < 1.29 is 14.3 Å². The van der Waals surface area contributed by atoms with Crippen molar-refractivity contribution >= 4 is 23.3 Å². The fraction of sp³-hybridized carbons (Fsp3) is 0.316. The minimum absolute atomic E-state index is 0.0220. The zero-order chi connectivity index (χ0) is 17.4. The van der Waals surface area contributed by atoms with Crippen LogP contribution >= 0.6 is 11.8 Å². The molecule has 3 rings (SSSR count). The molecule has 2 heterocycles. The van der Waals surface area contributed by atoms with E-state index in [2.05, 4.69) is 4.98 Å². The predicted octanol–water partition coefficient (Wildman–Crippen LogP) is 4.44. The number of carbonyl (C=O) groups is 2. The summed E-state index contributed by atoms with van der Waals surface area (Å²) in [6.45, 7) is 4.70. The van der Waals surface area contributed by atoms with Crippen molar-refractivity contribution in [3.05, 3.63) is 53.9 Å². The van der Waals surface area contributed by atoms with Gasteiger partial charge < -0.3 is 4.74 Å². The number of carbonyl (C=O) groups excluding carboxylic acids is 2. The number of ether oxygens (including phenoxy) is 1. The Morgan fingerprint density at radius 1 is 1.12 bits per heavy atom. The molecule has 126 valence electrons. The smallest absolute Gasteiger partial charge is 0.164 e. The number of nitrogens with zero attached hydrogens (tertiary/aromatic N) is 1. The maximum atomic E-state index is 12.2. The highest BCUT2D eigenvalue weighted by molar-refractivity contribution is 7.99. The monoisotopic (exact) mass is 343 g/mol. The molecule has 0 unspecified atom stereocenters. The second-order valence-electron chi connectivity index (χ2n) is 4.95. The van der Waals surface area contributed by atoms with Crippen LogP contribution in [-0.2, 0) is 0 Å². The third-order valence-electron chi connectivity index (χ3n) is 3.43. The van der Waals surface area contributed by atoms with Crippen molar-refractivity contribution in [2.24, 2.45) is 0 Å². The zero-order valence-electron chi connectivity index (χ0n) is 14.0. The predicted molar refractivity (Wildman–Crippen MR) is 96.1 cm³/mol. The number of hydrogen-bond acceptors (Lipinski definition) is 5. The van der Waals surface area contributed by atoms with Crippen LogP contribution in [0.2, 0.25) is 0 Å². The van der Waals surface area contributed by atoms with Gasteiger partial charge in [-0.05, 0) is 30.3 Å². The third-order valence-corrected chi connectivity index (χ3v) is 4.43. The second-order valence-corrected chi connectivity index (χ2v) is 6.08. The van der Waals surface area contributed by atoms with Crippen LogP contribution in [0.5, 0.6) is 5.75 Å². The van der Waals surface area contributed by atoms with Gasteiger partial charge in [0.2, 0.25) is 0 Å². The molecule has 0 saturated carbocycles. The summed E-state index contributed by atoms with van der Waals surface area (Å²) in [5.74, 6) is 1.65. The number of ketones is 2. The van der Waals surface area contributed by atoms with Crippen LogP contribution in [0.4, 0.5) is 0 Å². The first kappa shape index (κ1) is 18.2. The molecule has 1 aliphatic rings. The lowest BCUT2D eigenvalue weighted by Gasteiger charge is -2.17. The molecule has 2 aromatic rings. The van der Waals surface area contributed by atoms with Crippen LogP contribution in [-0.4, -0.2) is 28.9 Å². The SMILES string of the molecule is CC.O=C(CCC(=O)c1ccc2c(c1)SCCO2)c1cccnc1. The lowest BCUT2D eigenvalue weighted by Crippen LogP contribution is -2.09. The van der Waals surface area contributed by atoms with E-state index in [1.165, 1.54) is 6.20 Å². The number of fused-ring (bicyclic) bond motifs is 1. The molecule has 0 amide bonds. The van der Waals surface area contributed by atoms with Gasteiger partial charge in [0.1, 0.15) is 5.75 Å². The van der Waals surface area contributed by atoms with E-state index < -0.39 is 0 Å². The van der Waals surface area contributed by atoms with E-state index in [4.69, 9.17) is 4.74 Å². The van der Waals surface area contributed by atoms with Crippen LogP contribution in [0.1, 0.15) is 47.4 Å². The summed E-state index contributed by atoms with van der Waals surface area (Å²) >= 11 is 1.69. The Balaban J connectivity index is 0.00000100. The number of aromatic nitrogens is 1.